The molecule has 0 saturated carbocycles. The Morgan fingerprint density at radius 1 is 1.19 bits per heavy atom. The minimum absolute atomic E-state index is 0.321. The van der Waals surface area contributed by atoms with Crippen LogP contribution in [0.1, 0.15) is 34.2 Å². The summed E-state index contributed by atoms with van der Waals surface area (Å²) in [5, 5.41) is 0. The zero-order valence-corrected chi connectivity index (χ0v) is 15.7. The minimum atomic E-state index is -0.327. The van der Waals surface area contributed by atoms with E-state index in [0.717, 1.165) is 28.1 Å². The maximum Gasteiger partial charge on any atom is 0.340 e. The van der Waals surface area contributed by atoms with E-state index in [9.17, 15) is 4.79 Å². The van der Waals surface area contributed by atoms with Gasteiger partial charge in [0.15, 0.2) is 5.69 Å². The first-order chi connectivity index (χ1) is 13.1. The normalized spacial score (nSPS) is 10.4. The van der Waals surface area contributed by atoms with Crippen molar-refractivity contribution in [3.63, 3.8) is 0 Å². The standard InChI is InChI=1S/C22H21N3O2/c1-5-27-22(26)21-16(3)25(14-17-7-6-12-24-13-17)15(2)20(21)18-8-10-19(23-4)11-9-18/h6-13H,5,14H2,1-3H3. The van der Waals surface area contributed by atoms with Crippen molar-refractivity contribution >= 4 is 11.7 Å². The van der Waals surface area contributed by atoms with E-state index >= 15 is 0 Å². The van der Waals surface area contributed by atoms with E-state index < -0.39 is 0 Å². The van der Waals surface area contributed by atoms with Gasteiger partial charge in [-0.2, -0.15) is 0 Å². The van der Waals surface area contributed by atoms with E-state index in [-0.39, 0.29) is 5.97 Å². The molecule has 136 valence electrons. The van der Waals surface area contributed by atoms with Crippen LogP contribution in [-0.4, -0.2) is 22.1 Å². The zero-order valence-electron chi connectivity index (χ0n) is 15.7. The second kappa shape index (κ2) is 7.88. The van der Waals surface area contributed by atoms with Crippen LogP contribution in [0.3, 0.4) is 0 Å². The van der Waals surface area contributed by atoms with Gasteiger partial charge in [-0.3, -0.25) is 4.98 Å². The van der Waals surface area contributed by atoms with Crippen molar-refractivity contribution in [2.24, 2.45) is 0 Å². The summed E-state index contributed by atoms with van der Waals surface area (Å²) in [6.07, 6.45) is 3.57. The van der Waals surface area contributed by atoms with E-state index in [1.807, 2.05) is 44.3 Å². The van der Waals surface area contributed by atoms with Gasteiger partial charge in [0.25, 0.3) is 0 Å². The lowest BCUT2D eigenvalue weighted by atomic mass is 10.0. The number of nitrogens with zero attached hydrogens (tertiary/aromatic N) is 3. The summed E-state index contributed by atoms with van der Waals surface area (Å²) in [5.41, 5.74) is 5.80. The predicted octanol–water partition coefficient (Wildman–Crippen LogP) is 4.94. The molecule has 0 aliphatic rings. The Labute approximate surface area is 159 Å². The molecule has 0 N–H and O–H groups in total. The number of benzene rings is 1. The molecule has 2 aromatic heterocycles. The minimum Gasteiger partial charge on any atom is -0.462 e. The van der Waals surface area contributed by atoms with E-state index in [1.165, 1.54) is 0 Å². The fourth-order valence-corrected chi connectivity index (χ4v) is 3.30. The van der Waals surface area contributed by atoms with Crippen LogP contribution in [0.2, 0.25) is 0 Å². The highest BCUT2D eigenvalue weighted by atomic mass is 16.5. The van der Waals surface area contributed by atoms with Gasteiger partial charge in [0.05, 0.1) is 18.7 Å². The number of aromatic nitrogens is 2. The van der Waals surface area contributed by atoms with Gasteiger partial charge >= 0.3 is 5.97 Å². The van der Waals surface area contributed by atoms with Gasteiger partial charge < -0.3 is 9.30 Å². The Kier molecular flexibility index (Phi) is 5.37. The molecule has 0 atom stereocenters. The van der Waals surface area contributed by atoms with Crippen LogP contribution in [0.4, 0.5) is 5.69 Å². The van der Waals surface area contributed by atoms with Crippen LogP contribution < -0.4 is 0 Å². The largest absolute Gasteiger partial charge is 0.462 e. The number of rotatable bonds is 5. The smallest absolute Gasteiger partial charge is 0.340 e. The van der Waals surface area contributed by atoms with Crippen LogP contribution in [0.15, 0.2) is 48.8 Å². The van der Waals surface area contributed by atoms with Crippen molar-refractivity contribution in [1.29, 1.82) is 0 Å². The van der Waals surface area contributed by atoms with Crippen molar-refractivity contribution in [2.45, 2.75) is 27.3 Å². The molecule has 0 bridgehead atoms. The fourth-order valence-electron chi connectivity index (χ4n) is 3.30. The van der Waals surface area contributed by atoms with Gasteiger partial charge in [0.2, 0.25) is 0 Å². The van der Waals surface area contributed by atoms with Crippen LogP contribution in [0, 0.1) is 20.4 Å². The number of carbonyl (C=O) groups is 1. The molecule has 0 aliphatic carbocycles. The van der Waals surface area contributed by atoms with E-state index in [2.05, 4.69) is 14.4 Å². The summed E-state index contributed by atoms with van der Waals surface area (Å²) < 4.78 is 7.43. The maximum atomic E-state index is 12.7. The average molecular weight is 359 g/mol. The number of pyridine rings is 1. The van der Waals surface area contributed by atoms with Gasteiger partial charge in [0, 0.05) is 35.9 Å². The van der Waals surface area contributed by atoms with Crippen LogP contribution in [0.5, 0.6) is 0 Å². The Morgan fingerprint density at radius 2 is 1.93 bits per heavy atom. The van der Waals surface area contributed by atoms with Gasteiger partial charge in [-0.25, -0.2) is 9.64 Å². The number of hydrogen-bond acceptors (Lipinski definition) is 3. The second-order valence-electron chi connectivity index (χ2n) is 6.25. The van der Waals surface area contributed by atoms with Crippen molar-refractivity contribution in [3.8, 4) is 11.1 Å². The predicted molar refractivity (Wildman–Crippen MR) is 105 cm³/mol. The molecule has 0 fully saturated rings. The van der Waals surface area contributed by atoms with Crippen LogP contribution >= 0.6 is 0 Å². The van der Waals surface area contributed by atoms with Gasteiger partial charge in [-0.15, -0.1) is 0 Å². The van der Waals surface area contributed by atoms with Gasteiger partial charge in [0.1, 0.15) is 0 Å². The summed E-state index contributed by atoms with van der Waals surface area (Å²) in [4.78, 5) is 20.3. The average Bonchev–Trinajstić information content (AvgIpc) is 2.94. The molecular formula is C22H21N3O2. The van der Waals surface area contributed by atoms with Crippen molar-refractivity contribution in [2.75, 3.05) is 6.61 Å². The summed E-state index contributed by atoms with van der Waals surface area (Å²) >= 11 is 0. The molecule has 3 aromatic rings. The van der Waals surface area contributed by atoms with Crippen molar-refractivity contribution in [1.82, 2.24) is 9.55 Å². The maximum absolute atomic E-state index is 12.7. The molecule has 0 spiro atoms. The summed E-state index contributed by atoms with van der Waals surface area (Å²) in [7, 11) is 0. The van der Waals surface area contributed by atoms with Gasteiger partial charge in [-0.05, 0) is 38.0 Å². The third kappa shape index (κ3) is 3.61. The van der Waals surface area contributed by atoms with Crippen molar-refractivity contribution < 1.29 is 9.53 Å². The second-order valence-corrected chi connectivity index (χ2v) is 6.25. The quantitative estimate of drug-likeness (QED) is 0.479. The molecule has 27 heavy (non-hydrogen) atoms. The first-order valence-corrected chi connectivity index (χ1v) is 8.80. The lowest BCUT2D eigenvalue weighted by Crippen LogP contribution is -2.09. The first-order valence-electron chi connectivity index (χ1n) is 8.80. The summed E-state index contributed by atoms with van der Waals surface area (Å²) in [6, 6.07) is 11.2. The van der Waals surface area contributed by atoms with E-state index in [1.54, 1.807) is 25.3 Å². The van der Waals surface area contributed by atoms with Crippen LogP contribution in [0.25, 0.3) is 16.0 Å². The highest BCUT2D eigenvalue weighted by Crippen LogP contribution is 2.34. The zero-order chi connectivity index (χ0) is 19.4. The molecule has 3 rings (SSSR count). The fraction of sp³-hybridized carbons (Fsp3) is 0.227. The molecule has 0 amide bonds. The Balaban J connectivity index is 2.16. The Hall–Kier alpha value is -3.39. The number of hydrogen-bond donors (Lipinski definition) is 0. The highest BCUT2D eigenvalue weighted by Gasteiger charge is 2.25. The number of carbonyl (C=O) groups excluding carboxylic acids is 1. The molecule has 2 heterocycles. The summed E-state index contributed by atoms with van der Waals surface area (Å²) in [6.45, 7) is 13.8. The lowest BCUT2D eigenvalue weighted by Gasteiger charge is -2.10. The number of ether oxygens (including phenoxy) is 1. The Morgan fingerprint density at radius 3 is 2.52 bits per heavy atom. The number of esters is 1. The van der Waals surface area contributed by atoms with Crippen molar-refractivity contribution in [3.05, 3.63) is 82.7 Å². The molecule has 1 aromatic carbocycles. The monoisotopic (exact) mass is 359 g/mol. The van der Waals surface area contributed by atoms with Gasteiger partial charge in [-0.1, -0.05) is 30.3 Å². The third-order valence-electron chi connectivity index (χ3n) is 4.61. The molecule has 0 radical (unpaired) electrons. The molecule has 5 nitrogen and oxygen atoms in total. The Bertz CT molecular complexity index is 997. The molecule has 0 unspecified atom stereocenters. The lowest BCUT2D eigenvalue weighted by molar-refractivity contribution is 0.0526. The summed E-state index contributed by atoms with van der Waals surface area (Å²) in [5.74, 6) is -0.327. The SMILES string of the molecule is [C-]#[N+]c1ccc(-c2c(C(=O)OCC)c(C)n(Cc3cccnc3)c2C)cc1. The van der Waals surface area contributed by atoms with Crippen LogP contribution in [-0.2, 0) is 11.3 Å². The molecule has 5 heteroatoms. The topological polar surface area (TPSA) is 48.5 Å². The van der Waals surface area contributed by atoms with E-state index in [4.69, 9.17) is 11.3 Å². The molecule has 0 aliphatic heterocycles. The third-order valence-corrected chi connectivity index (χ3v) is 4.61. The molecule has 0 saturated heterocycles. The highest BCUT2D eigenvalue weighted by molar-refractivity contribution is 6.00. The first kappa shape index (κ1) is 18.4. The van der Waals surface area contributed by atoms with E-state index in [0.29, 0.717) is 24.4 Å². The molecular weight excluding hydrogens is 338 g/mol.